The zero-order valence-corrected chi connectivity index (χ0v) is 16.4. The molecule has 2 aromatic carbocycles. The van der Waals surface area contributed by atoms with Gasteiger partial charge in [0.05, 0.1) is 16.7 Å². The van der Waals surface area contributed by atoms with Gasteiger partial charge in [-0.3, -0.25) is 15.0 Å². The fourth-order valence-corrected chi connectivity index (χ4v) is 4.14. The van der Waals surface area contributed by atoms with Crippen LogP contribution in [0.5, 0.6) is 0 Å². The second-order valence-corrected chi connectivity index (χ2v) is 7.57. The second-order valence-electron chi connectivity index (χ2n) is 7.57. The molecule has 0 radical (unpaired) electrons. The lowest BCUT2D eigenvalue weighted by Gasteiger charge is -2.29. The standard InChI is InChI=1S/C26H21N3O/c30-26(25-12-3-4-14-29-25,17-19-7-5-11-24-22(19)9-6-15-27-24)18-20-13-16-28-23-10-2-1-8-21(20)23/h1-16,30H,17-18H2. The number of aromatic nitrogens is 3. The maximum atomic E-state index is 12.0. The van der Waals surface area contributed by atoms with E-state index in [4.69, 9.17) is 0 Å². The van der Waals surface area contributed by atoms with Gasteiger partial charge in [0.25, 0.3) is 0 Å². The van der Waals surface area contributed by atoms with Crippen molar-refractivity contribution in [2.75, 3.05) is 0 Å². The number of hydrogen-bond acceptors (Lipinski definition) is 4. The lowest BCUT2D eigenvalue weighted by atomic mass is 9.83. The third kappa shape index (κ3) is 3.42. The van der Waals surface area contributed by atoms with Gasteiger partial charge < -0.3 is 5.11 Å². The first-order chi connectivity index (χ1) is 14.7. The molecule has 146 valence electrons. The number of aliphatic hydroxyl groups is 1. The van der Waals surface area contributed by atoms with Gasteiger partial charge in [-0.2, -0.15) is 0 Å². The highest BCUT2D eigenvalue weighted by Gasteiger charge is 2.32. The topological polar surface area (TPSA) is 58.9 Å². The van der Waals surface area contributed by atoms with E-state index in [1.807, 2.05) is 60.7 Å². The van der Waals surface area contributed by atoms with Crippen molar-refractivity contribution in [1.29, 1.82) is 0 Å². The van der Waals surface area contributed by atoms with Crippen LogP contribution >= 0.6 is 0 Å². The first kappa shape index (κ1) is 18.4. The Labute approximate surface area is 174 Å². The van der Waals surface area contributed by atoms with Crippen LogP contribution in [0.15, 0.2) is 97.5 Å². The van der Waals surface area contributed by atoms with Crippen LogP contribution in [-0.4, -0.2) is 20.1 Å². The molecule has 0 amide bonds. The number of fused-ring (bicyclic) bond motifs is 2. The summed E-state index contributed by atoms with van der Waals surface area (Å²) in [4.78, 5) is 13.5. The van der Waals surface area contributed by atoms with E-state index in [1.54, 1.807) is 18.6 Å². The summed E-state index contributed by atoms with van der Waals surface area (Å²) in [5, 5.41) is 14.1. The molecule has 0 aliphatic rings. The van der Waals surface area contributed by atoms with Gasteiger partial charge in [0, 0.05) is 42.2 Å². The Morgan fingerprint density at radius 2 is 1.20 bits per heavy atom. The van der Waals surface area contributed by atoms with E-state index in [0.29, 0.717) is 18.5 Å². The van der Waals surface area contributed by atoms with Gasteiger partial charge in [-0.15, -0.1) is 0 Å². The number of benzene rings is 2. The zero-order chi connectivity index (χ0) is 20.4. The molecule has 0 aliphatic heterocycles. The highest BCUT2D eigenvalue weighted by atomic mass is 16.3. The van der Waals surface area contributed by atoms with Crippen LogP contribution in [0.2, 0.25) is 0 Å². The van der Waals surface area contributed by atoms with E-state index >= 15 is 0 Å². The Bertz CT molecular complexity index is 1230. The van der Waals surface area contributed by atoms with Crippen molar-refractivity contribution >= 4 is 21.8 Å². The largest absolute Gasteiger partial charge is 0.383 e. The Morgan fingerprint density at radius 3 is 2.00 bits per heavy atom. The van der Waals surface area contributed by atoms with Crippen molar-refractivity contribution < 1.29 is 5.11 Å². The number of nitrogens with zero attached hydrogens (tertiary/aromatic N) is 3. The normalized spacial score (nSPS) is 13.4. The number of rotatable bonds is 5. The van der Waals surface area contributed by atoms with Gasteiger partial charge in [0.1, 0.15) is 5.60 Å². The maximum Gasteiger partial charge on any atom is 0.115 e. The molecule has 1 N–H and O–H groups in total. The van der Waals surface area contributed by atoms with Gasteiger partial charge in [-0.05, 0) is 47.5 Å². The summed E-state index contributed by atoms with van der Waals surface area (Å²) in [6.45, 7) is 0. The average molecular weight is 391 g/mol. The molecule has 0 aliphatic carbocycles. The molecule has 4 nitrogen and oxygen atoms in total. The quantitative estimate of drug-likeness (QED) is 0.465. The third-order valence-corrected chi connectivity index (χ3v) is 5.58. The summed E-state index contributed by atoms with van der Waals surface area (Å²) in [6, 6.07) is 25.7. The van der Waals surface area contributed by atoms with Crippen LogP contribution in [0, 0.1) is 0 Å². The summed E-state index contributed by atoms with van der Waals surface area (Å²) in [6.07, 6.45) is 6.20. The monoisotopic (exact) mass is 391 g/mol. The Morgan fingerprint density at radius 1 is 0.567 bits per heavy atom. The first-order valence-corrected chi connectivity index (χ1v) is 10.0. The maximum absolute atomic E-state index is 12.0. The molecule has 3 aromatic heterocycles. The number of hydrogen-bond donors (Lipinski definition) is 1. The van der Waals surface area contributed by atoms with Crippen molar-refractivity contribution in [3.8, 4) is 0 Å². The summed E-state index contributed by atoms with van der Waals surface area (Å²) >= 11 is 0. The Kier molecular flexibility index (Phi) is 4.69. The van der Waals surface area contributed by atoms with Gasteiger partial charge in [0.2, 0.25) is 0 Å². The van der Waals surface area contributed by atoms with Crippen molar-refractivity contribution in [3.05, 3.63) is 114 Å². The van der Waals surface area contributed by atoms with Crippen LogP contribution in [0.4, 0.5) is 0 Å². The summed E-state index contributed by atoms with van der Waals surface area (Å²) in [5.74, 6) is 0. The molecule has 0 fully saturated rings. The first-order valence-electron chi connectivity index (χ1n) is 10.0. The molecule has 30 heavy (non-hydrogen) atoms. The number of para-hydroxylation sites is 1. The SMILES string of the molecule is OC(Cc1cccc2ncccc12)(Cc1ccnc2ccccc12)c1ccccn1. The van der Waals surface area contributed by atoms with Crippen LogP contribution < -0.4 is 0 Å². The molecule has 5 rings (SSSR count). The molecule has 5 aromatic rings. The van der Waals surface area contributed by atoms with Crippen molar-refractivity contribution in [2.45, 2.75) is 18.4 Å². The van der Waals surface area contributed by atoms with E-state index in [2.05, 4.69) is 33.2 Å². The van der Waals surface area contributed by atoms with Crippen molar-refractivity contribution in [2.24, 2.45) is 0 Å². The highest BCUT2D eigenvalue weighted by Crippen LogP contribution is 2.33. The zero-order valence-electron chi connectivity index (χ0n) is 16.4. The van der Waals surface area contributed by atoms with Gasteiger partial charge in [0.15, 0.2) is 0 Å². The lowest BCUT2D eigenvalue weighted by Crippen LogP contribution is -2.32. The van der Waals surface area contributed by atoms with Gasteiger partial charge in [-0.1, -0.05) is 42.5 Å². The number of pyridine rings is 3. The van der Waals surface area contributed by atoms with Crippen LogP contribution in [0.3, 0.4) is 0 Å². The summed E-state index contributed by atoms with van der Waals surface area (Å²) in [5.41, 5.74) is 3.43. The predicted octanol–water partition coefficient (Wildman–Crippen LogP) is 4.85. The minimum atomic E-state index is -1.17. The van der Waals surface area contributed by atoms with Crippen LogP contribution in [-0.2, 0) is 18.4 Å². The fourth-order valence-electron chi connectivity index (χ4n) is 4.14. The van der Waals surface area contributed by atoms with Crippen molar-refractivity contribution in [1.82, 2.24) is 15.0 Å². The van der Waals surface area contributed by atoms with Gasteiger partial charge in [-0.25, -0.2) is 0 Å². The van der Waals surface area contributed by atoms with Crippen LogP contribution in [0.1, 0.15) is 16.8 Å². The smallest absolute Gasteiger partial charge is 0.115 e. The molecule has 0 saturated heterocycles. The molecule has 3 heterocycles. The molecule has 0 saturated carbocycles. The molecule has 0 bridgehead atoms. The summed E-state index contributed by atoms with van der Waals surface area (Å²) in [7, 11) is 0. The minimum absolute atomic E-state index is 0.434. The molecule has 0 spiro atoms. The van der Waals surface area contributed by atoms with E-state index in [1.165, 1.54) is 0 Å². The van der Waals surface area contributed by atoms with E-state index in [0.717, 1.165) is 32.9 Å². The third-order valence-electron chi connectivity index (χ3n) is 5.58. The molecule has 1 atom stereocenters. The van der Waals surface area contributed by atoms with E-state index in [9.17, 15) is 5.11 Å². The fraction of sp³-hybridized carbons (Fsp3) is 0.115. The van der Waals surface area contributed by atoms with E-state index in [-0.39, 0.29) is 0 Å². The highest BCUT2D eigenvalue weighted by molar-refractivity contribution is 5.83. The predicted molar refractivity (Wildman–Crippen MR) is 119 cm³/mol. The Hall–Kier alpha value is -3.63. The van der Waals surface area contributed by atoms with Crippen molar-refractivity contribution in [3.63, 3.8) is 0 Å². The minimum Gasteiger partial charge on any atom is -0.383 e. The average Bonchev–Trinajstić information content (AvgIpc) is 2.80. The molecule has 4 heteroatoms. The van der Waals surface area contributed by atoms with Crippen LogP contribution in [0.25, 0.3) is 21.8 Å². The Balaban J connectivity index is 1.63. The van der Waals surface area contributed by atoms with Gasteiger partial charge >= 0.3 is 0 Å². The van der Waals surface area contributed by atoms with E-state index < -0.39 is 5.60 Å². The summed E-state index contributed by atoms with van der Waals surface area (Å²) < 4.78 is 0. The lowest BCUT2D eigenvalue weighted by molar-refractivity contribution is 0.0333. The molecule has 1 unspecified atom stereocenters. The molecular weight excluding hydrogens is 370 g/mol. The molecular formula is C26H21N3O. The second kappa shape index (κ2) is 7.65.